The summed E-state index contributed by atoms with van der Waals surface area (Å²) in [7, 11) is -3.17. The molecule has 1 aliphatic heterocycles. The Kier molecular flexibility index (Phi) is 8.77. The lowest BCUT2D eigenvalue weighted by atomic mass is 10.0. The van der Waals surface area contributed by atoms with Gasteiger partial charge in [-0.3, -0.25) is 9.52 Å². The number of carbonyl (C=O) groups excluding carboxylic acids is 1. The Labute approximate surface area is 239 Å². The molecular formula is C25H35N7O7S2. The number of hydrogen-bond donors (Lipinski definition) is 2. The van der Waals surface area contributed by atoms with E-state index in [9.17, 15) is 26.7 Å². The second-order valence-electron chi connectivity index (χ2n) is 10.4. The minimum atomic E-state index is -3.99. The minimum absolute atomic E-state index is 0.0525. The third-order valence-corrected chi connectivity index (χ3v) is 9.89. The molecule has 1 aromatic carbocycles. The van der Waals surface area contributed by atoms with Crippen LogP contribution in [-0.2, 0) is 45.4 Å². The molecule has 0 aliphatic carbocycles. The smallest absolute Gasteiger partial charge is 0.280 e. The molecular weight excluding hydrogens is 574 g/mol. The molecule has 1 aliphatic rings. The zero-order valence-electron chi connectivity index (χ0n) is 23.5. The summed E-state index contributed by atoms with van der Waals surface area (Å²) >= 11 is 0. The number of sulfonamides is 2. The SMILES string of the molecule is C[C@H](CO)N1C[C@H](C)[C@H](CN(C)S(=O)(=O)c2cn(C)cn2)Oc2ccc(NS(=O)(=O)c3cn(C)cn3)cc2CC1=O. The molecule has 16 heteroatoms. The number of benzene rings is 1. The summed E-state index contributed by atoms with van der Waals surface area (Å²) in [5.74, 6) is -0.316. The van der Waals surface area contributed by atoms with E-state index in [1.807, 2.05) is 6.92 Å². The Morgan fingerprint density at radius 1 is 1.12 bits per heavy atom. The topological polar surface area (TPSA) is 169 Å². The highest BCUT2D eigenvalue weighted by Gasteiger charge is 2.34. The minimum Gasteiger partial charge on any atom is -0.488 e. The highest BCUT2D eigenvalue weighted by Crippen LogP contribution is 2.30. The van der Waals surface area contributed by atoms with Crippen molar-refractivity contribution in [3.8, 4) is 5.75 Å². The maximum Gasteiger partial charge on any atom is 0.280 e. The number of nitrogens with zero attached hydrogens (tertiary/aromatic N) is 6. The number of aliphatic hydroxyl groups excluding tert-OH is 1. The molecule has 224 valence electrons. The standard InChI is InChI=1S/C25H35N7O7S2/c1-17-10-32(18(2)14-33)25(34)9-19-8-20(28-40(35,36)23-12-29(3)15-26-23)6-7-21(19)39-22(17)11-31(5)41(37,38)24-13-30(4)16-27-24/h6-8,12-13,15-18,22,28,33H,9-11,14H2,1-5H3/t17-,18+,22-/m0/s1. The molecule has 0 saturated carbocycles. The average molecular weight is 610 g/mol. The molecule has 14 nitrogen and oxygen atoms in total. The van der Waals surface area contributed by atoms with Crippen LogP contribution in [0.3, 0.4) is 0 Å². The highest BCUT2D eigenvalue weighted by molar-refractivity contribution is 7.92. The van der Waals surface area contributed by atoms with E-state index in [4.69, 9.17) is 4.74 Å². The van der Waals surface area contributed by atoms with Crippen LogP contribution in [0.4, 0.5) is 5.69 Å². The summed E-state index contributed by atoms with van der Waals surface area (Å²) in [6.45, 7) is 3.44. The molecule has 0 radical (unpaired) electrons. The number of aliphatic hydroxyl groups is 1. The molecule has 0 spiro atoms. The summed E-state index contributed by atoms with van der Waals surface area (Å²) in [6.07, 6.45) is 4.71. The molecule has 2 aromatic heterocycles. The first-order valence-electron chi connectivity index (χ1n) is 12.9. The van der Waals surface area contributed by atoms with E-state index in [1.54, 1.807) is 27.1 Å². The fourth-order valence-electron chi connectivity index (χ4n) is 4.48. The number of ether oxygens (including phenoxy) is 1. The number of rotatable bonds is 9. The number of imidazole rings is 2. The van der Waals surface area contributed by atoms with Crippen molar-refractivity contribution in [2.75, 3.05) is 31.5 Å². The van der Waals surface area contributed by atoms with Crippen molar-refractivity contribution in [1.29, 1.82) is 0 Å². The van der Waals surface area contributed by atoms with Crippen molar-refractivity contribution >= 4 is 31.6 Å². The molecule has 3 heterocycles. The molecule has 41 heavy (non-hydrogen) atoms. The van der Waals surface area contributed by atoms with E-state index in [0.717, 1.165) is 4.31 Å². The quantitative estimate of drug-likeness (QED) is 0.349. The monoisotopic (exact) mass is 609 g/mol. The lowest BCUT2D eigenvalue weighted by molar-refractivity contribution is -0.134. The predicted molar refractivity (Wildman–Crippen MR) is 149 cm³/mol. The van der Waals surface area contributed by atoms with Crippen LogP contribution in [0.25, 0.3) is 0 Å². The zero-order valence-corrected chi connectivity index (χ0v) is 25.1. The highest BCUT2D eigenvalue weighted by atomic mass is 32.2. The largest absolute Gasteiger partial charge is 0.488 e. The number of hydrogen-bond acceptors (Lipinski definition) is 9. The summed E-state index contributed by atoms with van der Waals surface area (Å²) in [5, 5.41) is 9.58. The van der Waals surface area contributed by atoms with Crippen molar-refractivity contribution in [3.63, 3.8) is 0 Å². The van der Waals surface area contributed by atoms with Crippen LogP contribution in [-0.4, -0.2) is 95.0 Å². The average Bonchev–Trinajstić information content (AvgIpc) is 3.56. The van der Waals surface area contributed by atoms with Gasteiger partial charge in [0.25, 0.3) is 20.0 Å². The number of amides is 1. The van der Waals surface area contributed by atoms with Gasteiger partial charge in [-0.15, -0.1) is 0 Å². The normalized spacial score (nSPS) is 19.2. The maximum atomic E-state index is 13.4. The van der Waals surface area contributed by atoms with Gasteiger partial charge < -0.3 is 23.9 Å². The van der Waals surface area contributed by atoms with Gasteiger partial charge in [0, 0.05) is 57.3 Å². The zero-order chi connectivity index (χ0) is 30.1. The van der Waals surface area contributed by atoms with Crippen LogP contribution in [0.5, 0.6) is 5.75 Å². The molecule has 0 saturated heterocycles. The second-order valence-corrected chi connectivity index (χ2v) is 14.0. The number of anilines is 1. The van der Waals surface area contributed by atoms with Crippen LogP contribution in [0.2, 0.25) is 0 Å². The Morgan fingerprint density at radius 3 is 2.34 bits per heavy atom. The molecule has 0 fully saturated rings. The number of nitrogens with one attached hydrogen (secondary N) is 1. The first-order valence-corrected chi connectivity index (χ1v) is 15.8. The van der Waals surface area contributed by atoms with Crippen molar-refractivity contribution in [2.24, 2.45) is 20.0 Å². The van der Waals surface area contributed by atoms with Gasteiger partial charge in [-0.05, 0) is 25.1 Å². The van der Waals surface area contributed by atoms with Crippen LogP contribution in [0.15, 0.2) is 53.3 Å². The first kappa shape index (κ1) is 30.5. The number of aromatic nitrogens is 4. The van der Waals surface area contributed by atoms with Gasteiger partial charge in [0.2, 0.25) is 5.91 Å². The fourth-order valence-corrected chi connectivity index (χ4v) is 6.65. The molecule has 3 aromatic rings. The molecule has 0 bridgehead atoms. The van der Waals surface area contributed by atoms with Crippen molar-refractivity contribution in [3.05, 3.63) is 48.8 Å². The maximum absolute atomic E-state index is 13.4. The van der Waals surface area contributed by atoms with Gasteiger partial charge in [0.05, 0.1) is 38.3 Å². The number of aryl methyl sites for hydroxylation is 2. The lowest BCUT2D eigenvalue weighted by Gasteiger charge is -2.33. The molecule has 0 unspecified atom stereocenters. The van der Waals surface area contributed by atoms with E-state index in [-0.39, 0.29) is 53.7 Å². The molecule has 4 rings (SSSR count). The first-order chi connectivity index (χ1) is 19.2. The van der Waals surface area contributed by atoms with Gasteiger partial charge in [-0.25, -0.2) is 18.4 Å². The summed E-state index contributed by atoms with van der Waals surface area (Å²) in [6, 6.07) is 4.06. The van der Waals surface area contributed by atoms with Crippen LogP contribution >= 0.6 is 0 Å². The van der Waals surface area contributed by atoms with Crippen molar-refractivity contribution < 1.29 is 31.5 Å². The van der Waals surface area contributed by atoms with Gasteiger partial charge in [-0.2, -0.15) is 12.7 Å². The Bertz CT molecular complexity index is 1620. The van der Waals surface area contributed by atoms with Crippen LogP contribution in [0.1, 0.15) is 19.4 Å². The van der Waals surface area contributed by atoms with E-state index >= 15 is 0 Å². The van der Waals surface area contributed by atoms with Gasteiger partial charge in [0.1, 0.15) is 11.9 Å². The number of carbonyl (C=O) groups is 1. The third kappa shape index (κ3) is 6.72. The number of likely N-dealkylation sites (N-methyl/N-ethyl adjacent to an activating group) is 1. The molecule has 1 amide bonds. The van der Waals surface area contributed by atoms with E-state index in [2.05, 4.69) is 14.7 Å². The van der Waals surface area contributed by atoms with Crippen molar-refractivity contribution in [2.45, 2.75) is 42.5 Å². The third-order valence-electron chi connectivity index (χ3n) is 6.92. The van der Waals surface area contributed by atoms with Crippen LogP contribution in [0, 0.1) is 5.92 Å². The molecule has 3 atom stereocenters. The second kappa shape index (κ2) is 11.8. The van der Waals surface area contributed by atoms with E-state index in [1.165, 1.54) is 58.3 Å². The summed E-state index contributed by atoms with van der Waals surface area (Å²) in [4.78, 5) is 22.8. The van der Waals surface area contributed by atoms with Crippen LogP contribution < -0.4 is 9.46 Å². The lowest BCUT2D eigenvalue weighted by Crippen LogP contribution is -2.48. The van der Waals surface area contributed by atoms with Gasteiger partial charge in [0.15, 0.2) is 10.1 Å². The Morgan fingerprint density at radius 2 is 1.76 bits per heavy atom. The van der Waals surface area contributed by atoms with Crippen molar-refractivity contribution in [1.82, 2.24) is 28.3 Å². The van der Waals surface area contributed by atoms with Gasteiger partial charge >= 0.3 is 0 Å². The summed E-state index contributed by atoms with van der Waals surface area (Å²) < 4.78 is 65.1. The predicted octanol–water partition coefficient (Wildman–Crippen LogP) is 0.424. The van der Waals surface area contributed by atoms with Gasteiger partial charge in [-0.1, -0.05) is 6.92 Å². The van der Waals surface area contributed by atoms with E-state index < -0.39 is 32.2 Å². The Hall–Kier alpha value is -3.47. The molecule has 2 N–H and O–H groups in total. The van der Waals surface area contributed by atoms with E-state index in [0.29, 0.717) is 11.3 Å². The Balaban J connectivity index is 1.68. The number of fused-ring (bicyclic) bond motifs is 1. The fraction of sp³-hybridized carbons (Fsp3) is 0.480. The summed E-state index contributed by atoms with van der Waals surface area (Å²) in [5.41, 5.74) is 0.604.